The van der Waals surface area contributed by atoms with Crippen molar-refractivity contribution in [3.8, 4) is 0 Å². The highest BCUT2D eigenvalue weighted by atomic mass is 16.3. The Labute approximate surface area is 116 Å². The van der Waals surface area contributed by atoms with Crippen LogP contribution >= 0.6 is 0 Å². The predicted octanol–water partition coefficient (Wildman–Crippen LogP) is 2.06. The number of anilines is 1. The van der Waals surface area contributed by atoms with Crippen molar-refractivity contribution < 1.29 is 5.11 Å². The molecular formula is C15H25N3O. The summed E-state index contributed by atoms with van der Waals surface area (Å²) in [6, 6.07) is 4.54. The molecule has 2 unspecified atom stereocenters. The van der Waals surface area contributed by atoms with Crippen LogP contribution in [-0.2, 0) is 0 Å². The Morgan fingerprint density at radius 1 is 1.42 bits per heavy atom. The summed E-state index contributed by atoms with van der Waals surface area (Å²) in [5.41, 5.74) is 0.878. The molecule has 19 heavy (non-hydrogen) atoms. The molecule has 0 aliphatic carbocycles. The molecule has 1 aliphatic heterocycles. The number of rotatable bonds is 3. The normalized spacial score (nSPS) is 23.2. The van der Waals surface area contributed by atoms with Gasteiger partial charge in [-0.05, 0) is 45.0 Å². The second-order valence-corrected chi connectivity index (χ2v) is 5.50. The predicted molar refractivity (Wildman–Crippen MR) is 78.4 cm³/mol. The number of aliphatic hydroxyl groups is 1. The topological polar surface area (TPSA) is 39.6 Å². The summed E-state index contributed by atoms with van der Waals surface area (Å²) in [6.07, 6.45) is 3.65. The quantitative estimate of drug-likeness (QED) is 0.906. The van der Waals surface area contributed by atoms with Crippen LogP contribution in [-0.4, -0.2) is 47.7 Å². The lowest BCUT2D eigenvalue weighted by Crippen LogP contribution is -2.40. The first-order valence-corrected chi connectivity index (χ1v) is 7.21. The van der Waals surface area contributed by atoms with Gasteiger partial charge in [0.15, 0.2) is 0 Å². The number of aliphatic hydroxyl groups excluding tert-OH is 1. The second-order valence-electron chi connectivity index (χ2n) is 5.50. The summed E-state index contributed by atoms with van der Waals surface area (Å²) in [5.74, 6) is 1.03. The minimum atomic E-state index is -0.446. The van der Waals surface area contributed by atoms with Gasteiger partial charge in [0.2, 0.25) is 0 Å². The first-order chi connectivity index (χ1) is 9.11. The summed E-state index contributed by atoms with van der Waals surface area (Å²) >= 11 is 0. The van der Waals surface area contributed by atoms with Gasteiger partial charge in [-0.15, -0.1) is 0 Å². The minimum Gasteiger partial charge on any atom is -0.389 e. The zero-order valence-corrected chi connectivity index (χ0v) is 12.2. The van der Waals surface area contributed by atoms with Gasteiger partial charge in [0, 0.05) is 25.3 Å². The van der Waals surface area contributed by atoms with Crippen LogP contribution in [0.5, 0.6) is 0 Å². The molecule has 0 spiro atoms. The van der Waals surface area contributed by atoms with Crippen LogP contribution in [0, 0.1) is 0 Å². The molecule has 1 aromatic heterocycles. The Bertz CT molecular complexity index is 391. The number of pyridine rings is 1. The fourth-order valence-corrected chi connectivity index (χ4v) is 2.71. The molecule has 1 saturated heterocycles. The van der Waals surface area contributed by atoms with Gasteiger partial charge < -0.3 is 14.9 Å². The van der Waals surface area contributed by atoms with Crippen LogP contribution in [0.4, 0.5) is 5.82 Å². The summed E-state index contributed by atoms with van der Waals surface area (Å²) in [6.45, 7) is 7.31. The molecule has 0 bridgehead atoms. The number of aromatic nitrogens is 1. The van der Waals surface area contributed by atoms with Crippen LogP contribution in [0.25, 0.3) is 0 Å². The number of likely N-dealkylation sites (N-methyl/N-ethyl adjacent to an activating group) is 1. The molecule has 0 saturated carbocycles. The van der Waals surface area contributed by atoms with E-state index in [0.29, 0.717) is 6.04 Å². The lowest BCUT2D eigenvalue weighted by atomic mass is 10.1. The Balaban J connectivity index is 2.17. The Morgan fingerprint density at radius 3 is 2.79 bits per heavy atom. The van der Waals surface area contributed by atoms with Crippen LogP contribution < -0.4 is 4.90 Å². The fourth-order valence-electron chi connectivity index (χ4n) is 2.71. The van der Waals surface area contributed by atoms with Gasteiger partial charge in [0.25, 0.3) is 0 Å². The number of nitrogens with zero attached hydrogens (tertiary/aromatic N) is 3. The molecule has 1 aliphatic rings. The van der Waals surface area contributed by atoms with E-state index in [1.807, 2.05) is 12.1 Å². The Hall–Kier alpha value is -1.13. The van der Waals surface area contributed by atoms with Gasteiger partial charge in [0.05, 0.1) is 6.10 Å². The Kier molecular flexibility index (Phi) is 4.77. The van der Waals surface area contributed by atoms with Crippen molar-refractivity contribution in [2.45, 2.75) is 38.8 Å². The Morgan fingerprint density at radius 2 is 2.21 bits per heavy atom. The molecule has 2 rings (SSSR count). The molecule has 1 aromatic rings. The van der Waals surface area contributed by atoms with Gasteiger partial charge in [-0.2, -0.15) is 0 Å². The zero-order valence-electron chi connectivity index (χ0n) is 12.2. The van der Waals surface area contributed by atoms with Crippen LogP contribution in [0.15, 0.2) is 18.3 Å². The SMILES string of the molecule is CCC1CN(C)CCCN1c1ccc(C(C)O)cn1. The summed E-state index contributed by atoms with van der Waals surface area (Å²) < 4.78 is 0. The summed E-state index contributed by atoms with van der Waals surface area (Å²) in [7, 11) is 2.19. The van der Waals surface area contributed by atoms with E-state index in [9.17, 15) is 5.11 Å². The number of hydrogen-bond acceptors (Lipinski definition) is 4. The third-order valence-electron chi connectivity index (χ3n) is 3.92. The van der Waals surface area contributed by atoms with Crippen LogP contribution in [0.2, 0.25) is 0 Å². The minimum absolute atomic E-state index is 0.446. The van der Waals surface area contributed by atoms with Crippen molar-refractivity contribution in [2.24, 2.45) is 0 Å². The molecule has 4 nitrogen and oxygen atoms in total. The summed E-state index contributed by atoms with van der Waals surface area (Å²) in [4.78, 5) is 9.35. The highest BCUT2D eigenvalue weighted by Crippen LogP contribution is 2.21. The third kappa shape index (κ3) is 3.45. The lowest BCUT2D eigenvalue weighted by molar-refractivity contribution is 0.199. The highest BCUT2D eigenvalue weighted by Gasteiger charge is 2.22. The maximum Gasteiger partial charge on any atom is 0.128 e. The van der Waals surface area contributed by atoms with E-state index in [2.05, 4.69) is 28.8 Å². The van der Waals surface area contributed by atoms with E-state index >= 15 is 0 Å². The van der Waals surface area contributed by atoms with E-state index < -0.39 is 6.10 Å². The average molecular weight is 263 g/mol. The molecule has 0 amide bonds. The second kappa shape index (κ2) is 6.35. The van der Waals surface area contributed by atoms with E-state index in [0.717, 1.165) is 37.4 Å². The van der Waals surface area contributed by atoms with Crippen molar-refractivity contribution in [1.29, 1.82) is 0 Å². The molecule has 2 heterocycles. The van der Waals surface area contributed by atoms with Crippen molar-refractivity contribution in [3.63, 3.8) is 0 Å². The average Bonchev–Trinajstić information content (AvgIpc) is 2.60. The molecule has 1 fully saturated rings. The van der Waals surface area contributed by atoms with E-state index in [4.69, 9.17) is 0 Å². The lowest BCUT2D eigenvalue weighted by Gasteiger charge is -2.31. The molecule has 106 valence electrons. The smallest absolute Gasteiger partial charge is 0.128 e. The van der Waals surface area contributed by atoms with E-state index in [1.54, 1.807) is 13.1 Å². The fraction of sp³-hybridized carbons (Fsp3) is 0.667. The monoisotopic (exact) mass is 263 g/mol. The third-order valence-corrected chi connectivity index (χ3v) is 3.92. The van der Waals surface area contributed by atoms with Gasteiger partial charge in [-0.25, -0.2) is 4.98 Å². The highest BCUT2D eigenvalue weighted by molar-refractivity contribution is 5.41. The maximum atomic E-state index is 9.54. The zero-order chi connectivity index (χ0) is 13.8. The molecule has 0 aromatic carbocycles. The van der Waals surface area contributed by atoms with Crippen molar-refractivity contribution in [3.05, 3.63) is 23.9 Å². The molecule has 1 N–H and O–H groups in total. The maximum absolute atomic E-state index is 9.54. The van der Waals surface area contributed by atoms with Crippen LogP contribution in [0.1, 0.15) is 38.4 Å². The van der Waals surface area contributed by atoms with Crippen molar-refractivity contribution >= 4 is 5.82 Å². The molecular weight excluding hydrogens is 238 g/mol. The summed E-state index contributed by atoms with van der Waals surface area (Å²) in [5, 5.41) is 9.54. The molecule has 4 heteroatoms. The van der Waals surface area contributed by atoms with Crippen molar-refractivity contribution in [2.75, 3.05) is 31.6 Å². The van der Waals surface area contributed by atoms with Gasteiger partial charge >= 0.3 is 0 Å². The van der Waals surface area contributed by atoms with E-state index in [-0.39, 0.29) is 0 Å². The largest absolute Gasteiger partial charge is 0.389 e. The van der Waals surface area contributed by atoms with Gasteiger partial charge in [-0.1, -0.05) is 13.0 Å². The van der Waals surface area contributed by atoms with Gasteiger partial charge in [0.1, 0.15) is 5.82 Å². The van der Waals surface area contributed by atoms with Gasteiger partial charge in [-0.3, -0.25) is 0 Å². The first kappa shape index (κ1) is 14.3. The number of hydrogen-bond donors (Lipinski definition) is 1. The van der Waals surface area contributed by atoms with E-state index in [1.165, 1.54) is 6.42 Å². The standard InChI is InChI=1S/C15H25N3O/c1-4-14-11-17(3)8-5-9-18(14)15-7-6-13(10-16-15)12(2)19/h6-7,10,12,14,19H,4-5,8-9,11H2,1-3H3. The van der Waals surface area contributed by atoms with Crippen molar-refractivity contribution in [1.82, 2.24) is 9.88 Å². The molecule has 0 radical (unpaired) electrons. The first-order valence-electron chi connectivity index (χ1n) is 7.21. The van der Waals surface area contributed by atoms with Crippen LogP contribution in [0.3, 0.4) is 0 Å². The molecule has 2 atom stereocenters.